The summed E-state index contributed by atoms with van der Waals surface area (Å²) in [6, 6.07) is 13.6. The van der Waals surface area contributed by atoms with Crippen LogP contribution in [0, 0.1) is 17.1 Å². The van der Waals surface area contributed by atoms with Gasteiger partial charge in [-0.05, 0) is 24.3 Å². The summed E-state index contributed by atoms with van der Waals surface area (Å²) in [5.41, 5.74) is 1.04. The number of para-hydroxylation sites is 1. The first-order chi connectivity index (χ1) is 14.5. The van der Waals surface area contributed by atoms with E-state index in [0.29, 0.717) is 49.1 Å². The van der Waals surface area contributed by atoms with Crippen LogP contribution < -0.4 is 19.7 Å². The van der Waals surface area contributed by atoms with Crippen molar-refractivity contribution in [1.29, 1.82) is 5.26 Å². The van der Waals surface area contributed by atoms with Crippen molar-refractivity contribution in [3.05, 3.63) is 60.1 Å². The molecule has 0 unspecified atom stereocenters. The van der Waals surface area contributed by atoms with Crippen LogP contribution in [-0.2, 0) is 4.79 Å². The molecular formula is C22H23FN4O3. The lowest BCUT2D eigenvalue weighted by molar-refractivity contribution is -0.112. The molecule has 0 radical (unpaired) electrons. The molecule has 2 aromatic rings. The highest BCUT2D eigenvalue weighted by atomic mass is 19.1. The number of piperazine rings is 1. The van der Waals surface area contributed by atoms with Gasteiger partial charge in [0.05, 0.1) is 19.9 Å². The smallest absolute Gasteiger partial charge is 0.267 e. The Hall–Kier alpha value is -3.73. The molecule has 1 fully saturated rings. The Balaban J connectivity index is 1.64. The molecule has 0 saturated carbocycles. The Morgan fingerprint density at radius 2 is 1.80 bits per heavy atom. The zero-order chi connectivity index (χ0) is 21.5. The fourth-order valence-corrected chi connectivity index (χ4v) is 3.23. The van der Waals surface area contributed by atoms with Gasteiger partial charge in [0.1, 0.15) is 17.5 Å². The average molecular weight is 410 g/mol. The van der Waals surface area contributed by atoms with Gasteiger partial charge < -0.3 is 24.6 Å². The van der Waals surface area contributed by atoms with Gasteiger partial charge in [0.15, 0.2) is 11.5 Å². The SMILES string of the molecule is COc1ccc(NC(=O)/C(C#N)=C\N2CCN(c3ccccc3F)CC2)cc1OC. The van der Waals surface area contributed by atoms with E-state index in [2.05, 4.69) is 5.32 Å². The molecule has 156 valence electrons. The van der Waals surface area contributed by atoms with Gasteiger partial charge in [-0.3, -0.25) is 4.79 Å². The highest BCUT2D eigenvalue weighted by Gasteiger charge is 2.19. The number of nitriles is 1. The molecule has 0 aliphatic carbocycles. The lowest BCUT2D eigenvalue weighted by Crippen LogP contribution is -2.44. The fourth-order valence-electron chi connectivity index (χ4n) is 3.23. The quantitative estimate of drug-likeness (QED) is 0.583. The molecule has 1 N–H and O–H groups in total. The largest absolute Gasteiger partial charge is 0.493 e. The second-order valence-electron chi connectivity index (χ2n) is 6.65. The zero-order valence-corrected chi connectivity index (χ0v) is 16.9. The maximum absolute atomic E-state index is 14.0. The van der Waals surface area contributed by atoms with E-state index < -0.39 is 5.91 Å². The van der Waals surface area contributed by atoms with Crippen molar-refractivity contribution in [2.45, 2.75) is 0 Å². The van der Waals surface area contributed by atoms with Crippen molar-refractivity contribution < 1.29 is 18.7 Å². The van der Waals surface area contributed by atoms with Gasteiger partial charge in [-0.1, -0.05) is 12.1 Å². The minimum Gasteiger partial charge on any atom is -0.493 e. The number of halogens is 1. The van der Waals surface area contributed by atoms with E-state index in [1.54, 1.807) is 42.6 Å². The number of hydrogen-bond acceptors (Lipinski definition) is 6. The lowest BCUT2D eigenvalue weighted by atomic mass is 10.2. The van der Waals surface area contributed by atoms with Crippen LogP contribution in [0.5, 0.6) is 11.5 Å². The van der Waals surface area contributed by atoms with Crippen molar-refractivity contribution in [2.75, 3.05) is 50.6 Å². The van der Waals surface area contributed by atoms with E-state index in [9.17, 15) is 14.4 Å². The van der Waals surface area contributed by atoms with Crippen molar-refractivity contribution in [3.8, 4) is 17.6 Å². The predicted octanol–water partition coefficient (Wildman–Crippen LogP) is 3.01. The number of carbonyl (C=O) groups excluding carboxylic acids is 1. The van der Waals surface area contributed by atoms with E-state index in [1.165, 1.54) is 20.3 Å². The molecule has 0 aromatic heterocycles. The number of amides is 1. The van der Waals surface area contributed by atoms with Gasteiger partial charge in [-0.25, -0.2) is 4.39 Å². The number of anilines is 2. The number of rotatable bonds is 6. The molecule has 30 heavy (non-hydrogen) atoms. The molecule has 8 heteroatoms. The normalized spacial score (nSPS) is 14.1. The highest BCUT2D eigenvalue weighted by molar-refractivity contribution is 6.06. The first-order valence-corrected chi connectivity index (χ1v) is 9.44. The second-order valence-corrected chi connectivity index (χ2v) is 6.65. The molecule has 0 atom stereocenters. The molecule has 3 rings (SSSR count). The van der Waals surface area contributed by atoms with Crippen molar-refractivity contribution in [3.63, 3.8) is 0 Å². The van der Waals surface area contributed by atoms with Crippen LogP contribution in [0.25, 0.3) is 0 Å². The third-order valence-electron chi connectivity index (χ3n) is 4.83. The van der Waals surface area contributed by atoms with E-state index in [4.69, 9.17) is 9.47 Å². The summed E-state index contributed by atoms with van der Waals surface area (Å²) >= 11 is 0. The molecular weight excluding hydrogens is 387 g/mol. The second kappa shape index (κ2) is 9.65. The van der Waals surface area contributed by atoms with Crippen LogP contribution in [0.1, 0.15) is 0 Å². The monoisotopic (exact) mass is 410 g/mol. The Morgan fingerprint density at radius 1 is 1.10 bits per heavy atom. The van der Waals surface area contributed by atoms with Gasteiger partial charge in [-0.2, -0.15) is 5.26 Å². The average Bonchev–Trinajstić information content (AvgIpc) is 2.78. The van der Waals surface area contributed by atoms with Gasteiger partial charge in [0.2, 0.25) is 0 Å². The molecule has 0 bridgehead atoms. The van der Waals surface area contributed by atoms with Crippen LogP contribution in [0.3, 0.4) is 0 Å². The number of hydrogen-bond donors (Lipinski definition) is 1. The summed E-state index contributed by atoms with van der Waals surface area (Å²) < 4.78 is 24.4. The van der Waals surface area contributed by atoms with Gasteiger partial charge in [-0.15, -0.1) is 0 Å². The third kappa shape index (κ3) is 4.81. The number of benzene rings is 2. The van der Waals surface area contributed by atoms with Gasteiger partial charge in [0.25, 0.3) is 5.91 Å². The molecule has 0 spiro atoms. The number of methoxy groups -OCH3 is 2. The standard InChI is InChI=1S/C22H23FN4O3/c1-29-20-8-7-17(13-21(20)30-2)25-22(28)16(14-24)15-26-9-11-27(12-10-26)19-6-4-3-5-18(19)23/h3-8,13,15H,9-12H2,1-2H3,(H,25,28)/b16-15-. The third-order valence-corrected chi connectivity index (χ3v) is 4.83. The zero-order valence-electron chi connectivity index (χ0n) is 16.9. The Morgan fingerprint density at radius 3 is 2.43 bits per heavy atom. The molecule has 2 aromatic carbocycles. The molecule has 7 nitrogen and oxygen atoms in total. The Bertz CT molecular complexity index is 979. The van der Waals surface area contributed by atoms with Crippen LogP contribution in [-0.4, -0.2) is 51.2 Å². The maximum atomic E-state index is 14.0. The van der Waals surface area contributed by atoms with E-state index in [-0.39, 0.29) is 11.4 Å². The van der Waals surface area contributed by atoms with Gasteiger partial charge >= 0.3 is 0 Å². The van der Waals surface area contributed by atoms with Crippen LogP contribution >= 0.6 is 0 Å². The number of carbonyl (C=O) groups is 1. The van der Waals surface area contributed by atoms with E-state index in [0.717, 1.165) is 0 Å². The molecule has 1 aliphatic rings. The summed E-state index contributed by atoms with van der Waals surface area (Å²) in [4.78, 5) is 16.4. The number of nitrogens with one attached hydrogen (secondary N) is 1. The van der Waals surface area contributed by atoms with Gasteiger partial charge in [0, 0.05) is 44.1 Å². The molecule has 1 aliphatic heterocycles. The minimum atomic E-state index is -0.513. The summed E-state index contributed by atoms with van der Waals surface area (Å²) in [5.74, 6) is 0.246. The molecule has 1 amide bonds. The number of nitrogens with zero attached hydrogens (tertiary/aromatic N) is 3. The van der Waals surface area contributed by atoms with E-state index in [1.807, 2.05) is 15.9 Å². The van der Waals surface area contributed by atoms with Crippen molar-refractivity contribution in [1.82, 2.24) is 4.90 Å². The van der Waals surface area contributed by atoms with E-state index >= 15 is 0 Å². The van der Waals surface area contributed by atoms with Crippen molar-refractivity contribution in [2.24, 2.45) is 0 Å². The summed E-state index contributed by atoms with van der Waals surface area (Å²) in [6.45, 7) is 2.33. The summed E-state index contributed by atoms with van der Waals surface area (Å²) in [5, 5.41) is 12.1. The minimum absolute atomic E-state index is 0.0101. The maximum Gasteiger partial charge on any atom is 0.267 e. The van der Waals surface area contributed by atoms with Crippen LogP contribution in [0.2, 0.25) is 0 Å². The fraction of sp³-hybridized carbons (Fsp3) is 0.273. The summed E-state index contributed by atoms with van der Waals surface area (Å²) in [6.07, 6.45) is 1.55. The first kappa shape index (κ1) is 21.0. The lowest BCUT2D eigenvalue weighted by Gasteiger charge is -2.35. The van der Waals surface area contributed by atoms with Crippen molar-refractivity contribution >= 4 is 17.3 Å². The Labute approximate surface area is 174 Å². The molecule has 1 heterocycles. The highest BCUT2D eigenvalue weighted by Crippen LogP contribution is 2.30. The molecule has 1 saturated heterocycles. The summed E-state index contributed by atoms with van der Waals surface area (Å²) in [7, 11) is 3.03. The predicted molar refractivity (Wildman–Crippen MR) is 112 cm³/mol. The topological polar surface area (TPSA) is 77.8 Å². The van der Waals surface area contributed by atoms with Crippen LogP contribution in [0.4, 0.5) is 15.8 Å². The first-order valence-electron chi connectivity index (χ1n) is 9.44. The number of ether oxygens (including phenoxy) is 2. The van der Waals surface area contributed by atoms with Crippen LogP contribution in [0.15, 0.2) is 54.2 Å². The Kier molecular flexibility index (Phi) is 6.75.